The summed E-state index contributed by atoms with van der Waals surface area (Å²) in [5.41, 5.74) is 1.63. The molecule has 0 radical (unpaired) electrons. The van der Waals surface area contributed by atoms with E-state index in [1.165, 1.54) is 31.3 Å². The van der Waals surface area contributed by atoms with Crippen LogP contribution in [-0.4, -0.2) is 43.0 Å². The molecule has 1 heterocycles. The van der Waals surface area contributed by atoms with Crippen LogP contribution in [0.2, 0.25) is 5.02 Å². The van der Waals surface area contributed by atoms with E-state index >= 15 is 0 Å². The Morgan fingerprint density at radius 1 is 0.914 bits per heavy atom. The van der Waals surface area contributed by atoms with Gasteiger partial charge in [-0.1, -0.05) is 54.1 Å². The molecule has 1 atom stereocenters. The van der Waals surface area contributed by atoms with Gasteiger partial charge >= 0.3 is 0 Å². The van der Waals surface area contributed by atoms with Crippen LogP contribution in [-0.2, 0) is 16.1 Å². The number of ether oxygens (including phenoxy) is 3. The highest BCUT2D eigenvalue weighted by Crippen LogP contribution is 2.43. The number of methoxy groups -OCH3 is 3. The Labute approximate surface area is 208 Å². The molecule has 1 amide bonds. The first-order valence-corrected chi connectivity index (χ1v) is 11.2. The summed E-state index contributed by atoms with van der Waals surface area (Å²) in [6.45, 7) is 0.159. The summed E-state index contributed by atoms with van der Waals surface area (Å²) in [7, 11) is 4.43. The van der Waals surface area contributed by atoms with Crippen LogP contribution in [0.1, 0.15) is 22.7 Å². The van der Waals surface area contributed by atoms with Gasteiger partial charge in [0.1, 0.15) is 23.0 Å². The minimum absolute atomic E-state index is 0.0441. The summed E-state index contributed by atoms with van der Waals surface area (Å²) in [6.07, 6.45) is 0. The minimum Gasteiger partial charge on any atom is -0.507 e. The zero-order chi connectivity index (χ0) is 25.1. The molecule has 3 aromatic carbocycles. The number of aliphatic hydroxyl groups excluding tert-OH is 1. The number of carbonyl (C=O) groups is 2. The Morgan fingerprint density at radius 3 is 2.17 bits per heavy atom. The molecule has 4 rings (SSSR count). The fraction of sp³-hybridized carbons (Fsp3) is 0.185. The largest absolute Gasteiger partial charge is 0.507 e. The third-order valence-corrected chi connectivity index (χ3v) is 6.19. The van der Waals surface area contributed by atoms with Gasteiger partial charge in [-0.2, -0.15) is 0 Å². The number of hydrogen-bond acceptors (Lipinski definition) is 6. The number of Topliss-reactive ketones (excluding diaryl/α,β-unsaturated/α-hetero) is 1. The number of rotatable bonds is 7. The lowest BCUT2D eigenvalue weighted by Crippen LogP contribution is -2.29. The number of likely N-dealkylation sites (tertiary alicyclic amines) is 1. The number of hydrogen-bond donors (Lipinski definition) is 1. The quantitative estimate of drug-likeness (QED) is 0.283. The number of amides is 1. The predicted octanol–water partition coefficient (Wildman–Crippen LogP) is 4.99. The molecular formula is C27H24ClNO6. The molecule has 8 heteroatoms. The zero-order valence-corrected chi connectivity index (χ0v) is 20.2. The maximum atomic E-state index is 13.3. The van der Waals surface area contributed by atoms with Gasteiger partial charge in [-0.25, -0.2) is 0 Å². The molecule has 1 fully saturated rings. The van der Waals surface area contributed by atoms with E-state index in [-0.39, 0.29) is 40.0 Å². The Morgan fingerprint density at radius 2 is 1.57 bits per heavy atom. The van der Waals surface area contributed by atoms with Gasteiger partial charge in [0.15, 0.2) is 0 Å². The van der Waals surface area contributed by atoms with Crippen molar-refractivity contribution in [1.82, 2.24) is 4.90 Å². The summed E-state index contributed by atoms with van der Waals surface area (Å²) in [4.78, 5) is 28.0. The van der Waals surface area contributed by atoms with Gasteiger partial charge in [0.05, 0.1) is 43.5 Å². The van der Waals surface area contributed by atoms with Crippen molar-refractivity contribution in [3.8, 4) is 17.2 Å². The van der Waals surface area contributed by atoms with Crippen molar-refractivity contribution in [2.45, 2.75) is 12.6 Å². The molecule has 1 unspecified atom stereocenters. The molecule has 0 spiro atoms. The van der Waals surface area contributed by atoms with E-state index < -0.39 is 17.7 Å². The Hall–Kier alpha value is -3.97. The molecule has 0 aliphatic carbocycles. The van der Waals surface area contributed by atoms with Gasteiger partial charge in [0, 0.05) is 12.6 Å². The predicted molar refractivity (Wildman–Crippen MR) is 132 cm³/mol. The first-order valence-electron chi connectivity index (χ1n) is 10.8. The van der Waals surface area contributed by atoms with Crippen LogP contribution in [0.5, 0.6) is 17.2 Å². The van der Waals surface area contributed by atoms with E-state index in [1.54, 1.807) is 19.2 Å². The Bertz CT molecular complexity index is 1290. The SMILES string of the molecule is COc1ccc(CN2C(=O)C(=O)/C(=C(/O)c3cc(OC)c(Cl)cc3OC)C2c2ccccc2)cc1. The van der Waals surface area contributed by atoms with Gasteiger partial charge in [-0.05, 0) is 29.3 Å². The summed E-state index contributed by atoms with van der Waals surface area (Å²) in [6, 6.07) is 18.5. The number of halogens is 1. The number of ketones is 1. The van der Waals surface area contributed by atoms with E-state index in [0.717, 1.165) is 5.56 Å². The van der Waals surface area contributed by atoms with Crippen LogP contribution in [0.25, 0.3) is 5.76 Å². The van der Waals surface area contributed by atoms with Crippen molar-refractivity contribution in [2.24, 2.45) is 0 Å². The van der Waals surface area contributed by atoms with E-state index in [0.29, 0.717) is 11.3 Å². The molecule has 7 nitrogen and oxygen atoms in total. The topological polar surface area (TPSA) is 85.3 Å². The molecule has 0 saturated carbocycles. The molecule has 35 heavy (non-hydrogen) atoms. The van der Waals surface area contributed by atoms with Crippen molar-refractivity contribution in [3.05, 3.63) is 94.0 Å². The molecule has 0 aromatic heterocycles. The third-order valence-electron chi connectivity index (χ3n) is 5.90. The second kappa shape index (κ2) is 10.1. The maximum absolute atomic E-state index is 13.3. The van der Waals surface area contributed by atoms with Crippen molar-refractivity contribution in [3.63, 3.8) is 0 Å². The second-order valence-electron chi connectivity index (χ2n) is 7.87. The van der Waals surface area contributed by atoms with Crippen molar-refractivity contribution in [2.75, 3.05) is 21.3 Å². The fourth-order valence-electron chi connectivity index (χ4n) is 4.14. The monoisotopic (exact) mass is 493 g/mol. The van der Waals surface area contributed by atoms with Gasteiger partial charge < -0.3 is 24.2 Å². The lowest BCUT2D eigenvalue weighted by Gasteiger charge is -2.25. The molecular weight excluding hydrogens is 470 g/mol. The van der Waals surface area contributed by atoms with Crippen LogP contribution in [0.4, 0.5) is 0 Å². The molecule has 1 saturated heterocycles. The third kappa shape index (κ3) is 4.55. The number of benzene rings is 3. The van der Waals surface area contributed by atoms with E-state index in [2.05, 4.69) is 0 Å². The first kappa shape index (κ1) is 24.2. The highest BCUT2D eigenvalue weighted by atomic mass is 35.5. The zero-order valence-electron chi connectivity index (χ0n) is 19.4. The Balaban J connectivity index is 1.87. The summed E-state index contributed by atoms with van der Waals surface area (Å²) in [5.74, 6) is -0.670. The van der Waals surface area contributed by atoms with Gasteiger partial charge in [0.2, 0.25) is 0 Å². The standard InChI is InChI=1S/C27H24ClNO6/c1-33-18-11-9-16(10-12-18)15-29-24(17-7-5-4-6-8-17)23(26(31)27(29)32)25(30)19-13-22(35-3)20(28)14-21(19)34-2/h4-14,24,30H,15H2,1-3H3/b25-23+. The first-order chi connectivity index (χ1) is 16.9. The number of nitrogens with zero attached hydrogens (tertiary/aromatic N) is 1. The van der Waals surface area contributed by atoms with E-state index in [4.69, 9.17) is 25.8 Å². The average molecular weight is 494 g/mol. The van der Waals surface area contributed by atoms with Crippen molar-refractivity contribution >= 4 is 29.1 Å². The maximum Gasteiger partial charge on any atom is 0.295 e. The van der Waals surface area contributed by atoms with E-state index in [1.807, 2.05) is 42.5 Å². The van der Waals surface area contributed by atoms with Gasteiger partial charge in [0.25, 0.3) is 11.7 Å². The number of carbonyl (C=O) groups excluding carboxylic acids is 2. The number of aliphatic hydroxyl groups is 1. The summed E-state index contributed by atoms with van der Waals surface area (Å²) >= 11 is 6.22. The highest BCUT2D eigenvalue weighted by molar-refractivity contribution is 6.46. The second-order valence-corrected chi connectivity index (χ2v) is 8.28. The minimum atomic E-state index is -0.815. The summed E-state index contributed by atoms with van der Waals surface area (Å²) < 4.78 is 15.9. The fourth-order valence-corrected chi connectivity index (χ4v) is 4.37. The average Bonchev–Trinajstić information content (AvgIpc) is 3.14. The smallest absolute Gasteiger partial charge is 0.295 e. The van der Waals surface area contributed by atoms with Crippen molar-refractivity contribution < 1.29 is 28.9 Å². The van der Waals surface area contributed by atoms with Crippen LogP contribution in [0.3, 0.4) is 0 Å². The van der Waals surface area contributed by atoms with Crippen LogP contribution in [0.15, 0.2) is 72.3 Å². The van der Waals surface area contributed by atoms with Crippen LogP contribution < -0.4 is 14.2 Å². The van der Waals surface area contributed by atoms with Crippen LogP contribution in [0, 0.1) is 0 Å². The van der Waals surface area contributed by atoms with Crippen LogP contribution >= 0.6 is 11.6 Å². The molecule has 0 bridgehead atoms. The Kier molecular flexibility index (Phi) is 6.98. The highest BCUT2D eigenvalue weighted by Gasteiger charge is 2.46. The normalized spacial score (nSPS) is 16.9. The summed E-state index contributed by atoms with van der Waals surface area (Å²) in [5, 5.41) is 11.7. The van der Waals surface area contributed by atoms with Crippen molar-refractivity contribution in [1.29, 1.82) is 0 Å². The lowest BCUT2D eigenvalue weighted by atomic mass is 9.94. The lowest BCUT2D eigenvalue weighted by molar-refractivity contribution is -0.140. The molecule has 180 valence electrons. The van der Waals surface area contributed by atoms with E-state index in [9.17, 15) is 14.7 Å². The van der Waals surface area contributed by atoms with Gasteiger partial charge in [-0.3, -0.25) is 9.59 Å². The molecule has 3 aromatic rings. The molecule has 1 aliphatic rings. The molecule has 1 N–H and O–H groups in total. The molecule has 1 aliphatic heterocycles. The van der Waals surface area contributed by atoms with Gasteiger partial charge in [-0.15, -0.1) is 0 Å².